The van der Waals surface area contributed by atoms with E-state index in [4.69, 9.17) is 11.6 Å². The standard InChI is InChI=1S/C16H9ClF6O2/c17-13-7-9(8-24)1-6-12(13)10-2-4-11(5-3-10)14(25,15(18,19)20)16(21,22)23/h1-8,25H. The lowest BCUT2D eigenvalue weighted by Gasteiger charge is -2.32. The van der Waals surface area contributed by atoms with Gasteiger partial charge in [-0.3, -0.25) is 4.79 Å². The summed E-state index contributed by atoms with van der Waals surface area (Å²) in [6, 6.07) is 7.10. The number of benzene rings is 2. The summed E-state index contributed by atoms with van der Waals surface area (Å²) in [5, 5.41) is 9.42. The molecule has 0 aliphatic heterocycles. The molecule has 1 N–H and O–H groups in total. The first-order valence-electron chi connectivity index (χ1n) is 6.63. The van der Waals surface area contributed by atoms with Crippen molar-refractivity contribution in [1.82, 2.24) is 0 Å². The second-order valence-electron chi connectivity index (χ2n) is 5.14. The fourth-order valence-corrected chi connectivity index (χ4v) is 2.52. The number of hydrogen-bond donors (Lipinski definition) is 1. The van der Waals surface area contributed by atoms with Crippen molar-refractivity contribution in [2.75, 3.05) is 0 Å². The van der Waals surface area contributed by atoms with Gasteiger partial charge in [0.05, 0.1) is 0 Å². The number of alkyl halides is 6. The lowest BCUT2D eigenvalue weighted by atomic mass is 9.90. The summed E-state index contributed by atoms with van der Waals surface area (Å²) in [6.07, 6.45) is -11.4. The molecule has 0 aromatic heterocycles. The molecule has 0 heterocycles. The molecule has 2 nitrogen and oxygen atoms in total. The molecule has 134 valence electrons. The molecule has 0 bridgehead atoms. The van der Waals surface area contributed by atoms with Crippen LogP contribution in [0.3, 0.4) is 0 Å². The van der Waals surface area contributed by atoms with Gasteiger partial charge in [0.15, 0.2) is 0 Å². The zero-order valence-electron chi connectivity index (χ0n) is 12.1. The van der Waals surface area contributed by atoms with Gasteiger partial charge in [0, 0.05) is 21.7 Å². The largest absolute Gasteiger partial charge is 0.430 e. The predicted octanol–water partition coefficient (Wildman–Crippen LogP) is 5.13. The van der Waals surface area contributed by atoms with E-state index in [1.54, 1.807) is 0 Å². The Kier molecular flexibility index (Phi) is 4.89. The van der Waals surface area contributed by atoms with Gasteiger partial charge in [-0.2, -0.15) is 26.3 Å². The molecule has 2 aromatic carbocycles. The maximum absolute atomic E-state index is 12.8. The van der Waals surface area contributed by atoms with Crippen LogP contribution in [0.2, 0.25) is 5.02 Å². The number of rotatable bonds is 3. The number of carbonyl (C=O) groups excluding carboxylic acids is 1. The highest BCUT2D eigenvalue weighted by Gasteiger charge is 2.71. The van der Waals surface area contributed by atoms with Crippen molar-refractivity contribution in [1.29, 1.82) is 0 Å². The van der Waals surface area contributed by atoms with E-state index in [-0.39, 0.29) is 16.1 Å². The third-order valence-electron chi connectivity index (χ3n) is 3.56. The minimum Gasteiger partial charge on any atom is -0.369 e. The quantitative estimate of drug-likeness (QED) is 0.590. The topological polar surface area (TPSA) is 37.3 Å². The Morgan fingerprint density at radius 3 is 1.80 bits per heavy atom. The van der Waals surface area contributed by atoms with Gasteiger partial charge < -0.3 is 5.11 Å². The SMILES string of the molecule is O=Cc1ccc(-c2ccc(C(O)(C(F)(F)F)C(F)(F)F)cc2)c(Cl)c1. The highest BCUT2D eigenvalue weighted by molar-refractivity contribution is 6.33. The third-order valence-corrected chi connectivity index (χ3v) is 3.88. The van der Waals surface area contributed by atoms with Gasteiger partial charge in [0.1, 0.15) is 6.29 Å². The molecule has 0 atom stereocenters. The summed E-state index contributed by atoms with van der Waals surface area (Å²) in [4.78, 5) is 10.7. The third kappa shape index (κ3) is 3.36. The Morgan fingerprint density at radius 2 is 1.40 bits per heavy atom. The van der Waals surface area contributed by atoms with E-state index in [1.165, 1.54) is 18.2 Å². The highest BCUT2D eigenvalue weighted by atomic mass is 35.5. The van der Waals surface area contributed by atoms with E-state index in [2.05, 4.69) is 0 Å². The molecule has 0 amide bonds. The first kappa shape index (κ1) is 19.3. The Labute approximate surface area is 142 Å². The van der Waals surface area contributed by atoms with E-state index in [9.17, 15) is 36.2 Å². The Balaban J connectivity index is 2.51. The molecule has 25 heavy (non-hydrogen) atoms. The van der Waals surface area contributed by atoms with Gasteiger partial charge in [-0.05, 0) is 11.6 Å². The molecule has 0 spiro atoms. The van der Waals surface area contributed by atoms with Crippen LogP contribution in [0.4, 0.5) is 26.3 Å². The van der Waals surface area contributed by atoms with E-state index in [0.717, 1.165) is 12.1 Å². The van der Waals surface area contributed by atoms with E-state index in [0.29, 0.717) is 24.0 Å². The van der Waals surface area contributed by atoms with Crippen molar-refractivity contribution in [3.05, 3.63) is 58.6 Å². The second-order valence-corrected chi connectivity index (χ2v) is 5.55. The lowest BCUT2D eigenvalue weighted by Crippen LogP contribution is -2.53. The van der Waals surface area contributed by atoms with Gasteiger partial charge in [-0.25, -0.2) is 0 Å². The maximum Gasteiger partial charge on any atom is 0.430 e. The molecular weight excluding hydrogens is 374 g/mol. The molecule has 0 saturated heterocycles. The van der Waals surface area contributed by atoms with E-state index in [1.807, 2.05) is 0 Å². The summed E-state index contributed by atoms with van der Waals surface area (Å²) >= 11 is 5.95. The normalized spacial score (nSPS) is 13.0. The van der Waals surface area contributed by atoms with Crippen LogP contribution in [0.5, 0.6) is 0 Å². The molecule has 0 aliphatic rings. The summed E-state index contributed by atoms with van der Waals surface area (Å²) in [6.45, 7) is 0. The minimum atomic E-state index is -5.95. The zero-order valence-corrected chi connectivity index (χ0v) is 12.9. The number of carbonyl (C=O) groups is 1. The van der Waals surface area contributed by atoms with Gasteiger partial charge in [0.2, 0.25) is 0 Å². The predicted molar refractivity (Wildman–Crippen MR) is 78.3 cm³/mol. The summed E-state index contributed by atoms with van der Waals surface area (Å²) < 4.78 is 77.0. The average molecular weight is 383 g/mol. The molecule has 0 unspecified atom stereocenters. The molecule has 0 radical (unpaired) electrons. The number of aliphatic hydroxyl groups is 1. The molecular formula is C16H9ClF6O2. The van der Waals surface area contributed by atoms with E-state index >= 15 is 0 Å². The first-order valence-corrected chi connectivity index (χ1v) is 7.01. The minimum absolute atomic E-state index is 0.0965. The monoisotopic (exact) mass is 382 g/mol. The van der Waals surface area contributed by atoms with Crippen LogP contribution >= 0.6 is 11.6 Å². The number of aldehydes is 1. The second kappa shape index (κ2) is 6.34. The molecule has 9 heteroatoms. The molecule has 0 saturated carbocycles. The van der Waals surface area contributed by atoms with Crippen molar-refractivity contribution in [2.45, 2.75) is 18.0 Å². The van der Waals surface area contributed by atoms with Crippen LogP contribution in [0.15, 0.2) is 42.5 Å². The van der Waals surface area contributed by atoms with Crippen LogP contribution in [0.25, 0.3) is 11.1 Å². The zero-order chi connectivity index (χ0) is 19.0. The molecule has 0 aliphatic carbocycles. The van der Waals surface area contributed by atoms with Crippen LogP contribution in [0, 0.1) is 0 Å². The highest BCUT2D eigenvalue weighted by Crippen LogP contribution is 2.50. The number of halogens is 7. The molecule has 0 fully saturated rings. The maximum atomic E-state index is 12.8. The molecule has 2 rings (SSSR count). The lowest BCUT2D eigenvalue weighted by molar-refractivity contribution is -0.376. The van der Waals surface area contributed by atoms with Crippen LogP contribution in [-0.4, -0.2) is 23.7 Å². The molecule has 2 aromatic rings. The van der Waals surface area contributed by atoms with Crippen molar-refractivity contribution in [3.8, 4) is 11.1 Å². The Hall–Kier alpha value is -2.06. The van der Waals surface area contributed by atoms with Crippen LogP contribution in [-0.2, 0) is 5.60 Å². The smallest absolute Gasteiger partial charge is 0.369 e. The van der Waals surface area contributed by atoms with Crippen LogP contribution in [0.1, 0.15) is 15.9 Å². The van der Waals surface area contributed by atoms with Crippen molar-refractivity contribution in [2.24, 2.45) is 0 Å². The Bertz CT molecular complexity index is 767. The fraction of sp³-hybridized carbons (Fsp3) is 0.188. The van der Waals surface area contributed by atoms with Crippen LogP contribution < -0.4 is 0 Å². The summed E-state index contributed by atoms with van der Waals surface area (Å²) in [7, 11) is 0. The Morgan fingerprint density at radius 1 is 0.880 bits per heavy atom. The first-order chi connectivity index (χ1) is 11.4. The van der Waals surface area contributed by atoms with Crippen molar-refractivity contribution >= 4 is 17.9 Å². The van der Waals surface area contributed by atoms with Crippen molar-refractivity contribution < 1.29 is 36.2 Å². The fourth-order valence-electron chi connectivity index (χ4n) is 2.22. The van der Waals surface area contributed by atoms with E-state index < -0.39 is 23.5 Å². The van der Waals surface area contributed by atoms with Gasteiger partial charge in [-0.1, -0.05) is 48.0 Å². The summed E-state index contributed by atoms with van der Waals surface area (Å²) in [5.74, 6) is 0. The van der Waals surface area contributed by atoms with Gasteiger partial charge >= 0.3 is 12.4 Å². The van der Waals surface area contributed by atoms with Gasteiger partial charge in [-0.15, -0.1) is 0 Å². The summed E-state index contributed by atoms with van der Waals surface area (Å²) in [5.41, 5.74) is -5.56. The number of hydrogen-bond acceptors (Lipinski definition) is 2. The average Bonchev–Trinajstić information content (AvgIpc) is 2.52. The van der Waals surface area contributed by atoms with Gasteiger partial charge in [0.25, 0.3) is 5.60 Å². The van der Waals surface area contributed by atoms with Crippen molar-refractivity contribution in [3.63, 3.8) is 0 Å².